The monoisotopic (exact) mass is 266 g/mol. The molecular formula is C11H18N6O2. The fourth-order valence-corrected chi connectivity index (χ4v) is 2.47. The minimum absolute atomic E-state index is 0.0496. The second kappa shape index (κ2) is 5.79. The van der Waals surface area contributed by atoms with Crippen LogP contribution >= 0.6 is 0 Å². The Bertz CT molecular complexity index is 466. The number of hydrogen-bond donors (Lipinski definition) is 2. The van der Waals surface area contributed by atoms with Crippen LogP contribution in [0.2, 0.25) is 0 Å². The van der Waals surface area contributed by atoms with Gasteiger partial charge in [-0.15, -0.1) is 0 Å². The third kappa shape index (κ3) is 2.73. The molecule has 0 radical (unpaired) electrons. The molecule has 0 aromatic carbocycles. The maximum Gasteiger partial charge on any atom is 0.354 e. The van der Waals surface area contributed by atoms with E-state index in [2.05, 4.69) is 22.3 Å². The predicted octanol–water partition coefficient (Wildman–Crippen LogP) is 1.30. The average molecular weight is 266 g/mol. The van der Waals surface area contributed by atoms with E-state index in [1.165, 1.54) is 6.33 Å². The molecule has 19 heavy (non-hydrogen) atoms. The highest BCUT2D eigenvalue weighted by atomic mass is 16.6. The normalized spacial score (nSPS) is 19.3. The molecule has 104 valence electrons. The maximum absolute atomic E-state index is 11.2. The summed E-state index contributed by atoms with van der Waals surface area (Å²) in [4.78, 5) is 20.5. The maximum atomic E-state index is 11.2. The molecule has 8 heteroatoms. The number of hydrogen-bond acceptors (Lipinski definition) is 7. The largest absolute Gasteiger partial charge is 0.354 e. The van der Waals surface area contributed by atoms with Crippen molar-refractivity contribution in [3.8, 4) is 0 Å². The Hall–Kier alpha value is -1.96. The zero-order valence-corrected chi connectivity index (χ0v) is 10.9. The van der Waals surface area contributed by atoms with Gasteiger partial charge in [-0.1, -0.05) is 13.3 Å². The number of rotatable bonds is 4. The third-order valence-electron chi connectivity index (χ3n) is 3.52. The van der Waals surface area contributed by atoms with E-state index in [1.54, 1.807) is 0 Å². The molecule has 1 aliphatic rings. The highest BCUT2D eigenvalue weighted by Crippen LogP contribution is 2.33. The number of nitro groups is 1. The molecule has 0 spiro atoms. The Morgan fingerprint density at radius 3 is 3.05 bits per heavy atom. The second-order valence-electron chi connectivity index (χ2n) is 4.66. The number of hydrazine groups is 1. The van der Waals surface area contributed by atoms with E-state index in [0.717, 1.165) is 32.4 Å². The average Bonchev–Trinajstić information content (AvgIpc) is 2.46. The number of nitrogens with zero attached hydrogens (tertiary/aromatic N) is 4. The number of nitrogen functional groups attached to an aromatic ring is 1. The van der Waals surface area contributed by atoms with Crippen LogP contribution < -0.4 is 16.2 Å². The van der Waals surface area contributed by atoms with Gasteiger partial charge in [0.1, 0.15) is 6.33 Å². The molecule has 2 rings (SSSR count). The predicted molar refractivity (Wildman–Crippen MR) is 71.7 cm³/mol. The van der Waals surface area contributed by atoms with Crippen molar-refractivity contribution in [2.75, 3.05) is 23.4 Å². The molecule has 0 bridgehead atoms. The number of anilines is 2. The molecule has 0 amide bonds. The first-order valence-corrected chi connectivity index (χ1v) is 6.38. The summed E-state index contributed by atoms with van der Waals surface area (Å²) in [7, 11) is 0. The van der Waals surface area contributed by atoms with Gasteiger partial charge in [-0.3, -0.25) is 10.1 Å². The van der Waals surface area contributed by atoms with Gasteiger partial charge < -0.3 is 10.3 Å². The van der Waals surface area contributed by atoms with Crippen molar-refractivity contribution in [3.05, 3.63) is 16.4 Å². The van der Waals surface area contributed by atoms with Crippen LogP contribution in [0.5, 0.6) is 0 Å². The lowest BCUT2D eigenvalue weighted by Gasteiger charge is -2.32. The van der Waals surface area contributed by atoms with E-state index in [-0.39, 0.29) is 11.5 Å². The molecule has 1 unspecified atom stereocenters. The SMILES string of the molecule is CCC1CCCN(c2ncnc(NN)c2[N+](=O)[O-])C1. The summed E-state index contributed by atoms with van der Waals surface area (Å²) < 4.78 is 0. The lowest BCUT2D eigenvalue weighted by molar-refractivity contribution is -0.383. The highest BCUT2D eigenvalue weighted by Gasteiger charge is 2.29. The van der Waals surface area contributed by atoms with Crippen molar-refractivity contribution < 1.29 is 4.92 Å². The quantitative estimate of drug-likeness (QED) is 0.480. The number of nitrogens with two attached hydrogens (primary N) is 1. The van der Waals surface area contributed by atoms with Crippen molar-refractivity contribution in [1.29, 1.82) is 0 Å². The summed E-state index contributed by atoms with van der Waals surface area (Å²) in [5.41, 5.74) is 2.11. The Morgan fingerprint density at radius 1 is 1.63 bits per heavy atom. The van der Waals surface area contributed by atoms with Gasteiger partial charge in [0, 0.05) is 13.1 Å². The highest BCUT2D eigenvalue weighted by molar-refractivity contribution is 5.69. The number of aromatic nitrogens is 2. The van der Waals surface area contributed by atoms with Crippen LogP contribution in [0.15, 0.2) is 6.33 Å². The van der Waals surface area contributed by atoms with E-state index >= 15 is 0 Å². The first-order valence-electron chi connectivity index (χ1n) is 6.38. The van der Waals surface area contributed by atoms with Crippen LogP contribution in [-0.4, -0.2) is 28.0 Å². The molecule has 1 aromatic heterocycles. The summed E-state index contributed by atoms with van der Waals surface area (Å²) in [6.07, 6.45) is 4.55. The summed E-state index contributed by atoms with van der Waals surface area (Å²) in [6.45, 7) is 3.70. The molecule has 0 saturated carbocycles. The van der Waals surface area contributed by atoms with E-state index in [1.807, 2.05) is 4.90 Å². The smallest absolute Gasteiger partial charge is 0.350 e. The van der Waals surface area contributed by atoms with Gasteiger partial charge in [0.25, 0.3) is 0 Å². The number of piperidine rings is 1. The van der Waals surface area contributed by atoms with Crippen molar-refractivity contribution in [3.63, 3.8) is 0 Å². The Morgan fingerprint density at radius 2 is 2.42 bits per heavy atom. The van der Waals surface area contributed by atoms with Gasteiger partial charge in [-0.25, -0.2) is 15.8 Å². The van der Waals surface area contributed by atoms with Gasteiger partial charge in [0.2, 0.25) is 11.6 Å². The molecule has 1 saturated heterocycles. The van der Waals surface area contributed by atoms with Gasteiger partial charge >= 0.3 is 5.69 Å². The standard InChI is InChI=1S/C11H18N6O2/c1-2-8-4-3-5-16(6-8)11-9(17(18)19)10(15-12)13-7-14-11/h7-8H,2-6,12H2,1H3,(H,13,14,15). The van der Waals surface area contributed by atoms with Gasteiger partial charge in [-0.2, -0.15) is 0 Å². The zero-order valence-electron chi connectivity index (χ0n) is 10.9. The van der Waals surface area contributed by atoms with Crippen LogP contribution in [0.4, 0.5) is 17.3 Å². The summed E-state index contributed by atoms with van der Waals surface area (Å²) in [5.74, 6) is 6.23. The molecule has 1 fully saturated rings. The molecule has 2 heterocycles. The second-order valence-corrected chi connectivity index (χ2v) is 4.66. The van der Waals surface area contributed by atoms with Crippen LogP contribution in [-0.2, 0) is 0 Å². The summed E-state index contributed by atoms with van der Waals surface area (Å²) >= 11 is 0. The fraction of sp³-hybridized carbons (Fsp3) is 0.636. The third-order valence-corrected chi connectivity index (χ3v) is 3.52. The summed E-state index contributed by atoms with van der Waals surface area (Å²) in [5, 5.41) is 11.2. The first kappa shape index (κ1) is 13.5. The Labute approximate surface area is 111 Å². The van der Waals surface area contributed by atoms with Crippen LogP contribution in [0, 0.1) is 16.0 Å². The molecule has 8 nitrogen and oxygen atoms in total. The minimum Gasteiger partial charge on any atom is -0.350 e. The topological polar surface area (TPSA) is 110 Å². The Balaban J connectivity index is 2.35. The zero-order chi connectivity index (χ0) is 13.8. The lowest BCUT2D eigenvalue weighted by atomic mass is 9.95. The fourth-order valence-electron chi connectivity index (χ4n) is 2.47. The van der Waals surface area contributed by atoms with Crippen molar-refractivity contribution in [2.45, 2.75) is 26.2 Å². The number of nitrogens with one attached hydrogen (secondary N) is 1. The summed E-state index contributed by atoms with van der Waals surface area (Å²) in [6, 6.07) is 0. The van der Waals surface area contributed by atoms with Gasteiger partial charge in [0.05, 0.1) is 4.92 Å². The van der Waals surface area contributed by atoms with E-state index < -0.39 is 4.92 Å². The lowest BCUT2D eigenvalue weighted by Crippen LogP contribution is -2.36. The minimum atomic E-state index is -0.486. The molecule has 3 N–H and O–H groups in total. The van der Waals surface area contributed by atoms with Crippen molar-refractivity contribution >= 4 is 17.3 Å². The van der Waals surface area contributed by atoms with Gasteiger partial charge in [0.15, 0.2) is 0 Å². The van der Waals surface area contributed by atoms with Crippen molar-refractivity contribution in [1.82, 2.24) is 9.97 Å². The van der Waals surface area contributed by atoms with Crippen molar-refractivity contribution in [2.24, 2.45) is 11.8 Å². The van der Waals surface area contributed by atoms with E-state index in [4.69, 9.17) is 5.84 Å². The van der Waals surface area contributed by atoms with E-state index in [0.29, 0.717) is 11.7 Å². The first-order chi connectivity index (χ1) is 9.17. The molecule has 1 atom stereocenters. The Kier molecular flexibility index (Phi) is 4.10. The molecule has 0 aliphatic carbocycles. The van der Waals surface area contributed by atoms with Gasteiger partial charge in [-0.05, 0) is 18.8 Å². The molecule has 1 aromatic rings. The molecular weight excluding hydrogens is 248 g/mol. The molecule has 1 aliphatic heterocycles. The van der Waals surface area contributed by atoms with Crippen LogP contribution in [0.1, 0.15) is 26.2 Å². The van der Waals surface area contributed by atoms with Crippen LogP contribution in [0.3, 0.4) is 0 Å². The van der Waals surface area contributed by atoms with E-state index in [9.17, 15) is 10.1 Å². The van der Waals surface area contributed by atoms with Crippen LogP contribution in [0.25, 0.3) is 0 Å².